The minimum Gasteiger partial charge on any atom is -0.505 e. The Labute approximate surface area is 207 Å². The maximum Gasteiger partial charge on any atom is 0.335 e. The van der Waals surface area contributed by atoms with Gasteiger partial charge in [0.2, 0.25) is 0 Å². The van der Waals surface area contributed by atoms with Crippen molar-refractivity contribution in [2.75, 3.05) is 22.4 Å². The Morgan fingerprint density at radius 3 is 2.57 bits per heavy atom. The molecule has 178 valence electrons. The van der Waals surface area contributed by atoms with Crippen molar-refractivity contribution < 1.29 is 19.8 Å². The van der Waals surface area contributed by atoms with Gasteiger partial charge in [0.1, 0.15) is 11.5 Å². The summed E-state index contributed by atoms with van der Waals surface area (Å²) in [4.78, 5) is 24.5. The number of hydrogen-bond acceptors (Lipinski definition) is 7. The van der Waals surface area contributed by atoms with Gasteiger partial charge in [-0.2, -0.15) is 27.0 Å². The molecule has 0 radical (unpaired) electrons. The number of aryl methyl sites for hydroxylation is 2. The van der Waals surface area contributed by atoms with Crippen molar-refractivity contribution >= 4 is 46.4 Å². The molecule has 3 aromatic carbocycles. The number of benzene rings is 3. The second-order valence-corrected chi connectivity index (χ2v) is 8.89. The average Bonchev–Trinajstić information content (AvgIpc) is 3.15. The number of phenolic OH excluding ortho intramolecular Hbond substituents is 1. The van der Waals surface area contributed by atoms with Crippen LogP contribution in [-0.2, 0) is 4.79 Å². The van der Waals surface area contributed by atoms with Gasteiger partial charge in [-0.1, -0.05) is 30.3 Å². The fourth-order valence-electron chi connectivity index (χ4n) is 3.62. The van der Waals surface area contributed by atoms with Crippen LogP contribution < -0.4 is 10.4 Å². The zero-order valence-electron chi connectivity index (χ0n) is 19.4. The third kappa shape index (κ3) is 4.90. The predicted octanol–water partition coefficient (Wildman–Crippen LogP) is 4.91. The molecule has 0 unspecified atom stereocenters. The molecule has 35 heavy (non-hydrogen) atoms. The number of carboxylic acid groups (broad SMARTS) is 1. The molecule has 4 rings (SSSR count). The Bertz CT molecular complexity index is 1380. The van der Waals surface area contributed by atoms with E-state index in [0.29, 0.717) is 28.3 Å². The number of nitrogens with one attached hydrogen (secondary N) is 1. The number of rotatable bonds is 7. The lowest BCUT2D eigenvalue weighted by molar-refractivity contribution is -0.112. The van der Waals surface area contributed by atoms with Gasteiger partial charge in [0.25, 0.3) is 0 Å². The molecule has 8 nitrogen and oxygen atoms in total. The van der Waals surface area contributed by atoms with Gasteiger partial charge in [-0.25, -0.2) is 4.79 Å². The highest BCUT2D eigenvalue weighted by atomic mass is 32.2. The van der Waals surface area contributed by atoms with E-state index in [1.54, 1.807) is 30.3 Å². The SMILES string of the molecule is CSCC1=NN(c2ccc(C)c(C)c2)C(=O)/C1=N\Nc1cccc(-c2cccc(C(=O)O)c2)c1O. The van der Waals surface area contributed by atoms with Crippen LogP contribution in [-0.4, -0.2) is 45.5 Å². The smallest absolute Gasteiger partial charge is 0.335 e. The summed E-state index contributed by atoms with van der Waals surface area (Å²) in [6.07, 6.45) is 1.91. The number of amides is 1. The number of aromatic hydroxyl groups is 1. The summed E-state index contributed by atoms with van der Waals surface area (Å²) < 4.78 is 0. The number of aromatic carboxylic acids is 1. The minimum absolute atomic E-state index is 0.112. The number of phenols is 1. The van der Waals surface area contributed by atoms with E-state index >= 15 is 0 Å². The van der Waals surface area contributed by atoms with Gasteiger partial charge in [0.15, 0.2) is 5.71 Å². The van der Waals surface area contributed by atoms with Crippen molar-refractivity contribution in [2.45, 2.75) is 13.8 Å². The Morgan fingerprint density at radius 1 is 1.09 bits per heavy atom. The van der Waals surface area contributed by atoms with Crippen molar-refractivity contribution in [1.29, 1.82) is 0 Å². The van der Waals surface area contributed by atoms with Crippen molar-refractivity contribution in [2.24, 2.45) is 10.2 Å². The lowest BCUT2D eigenvalue weighted by atomic mass is 10.0. The summed E-state index contributed by atoms with van der Waals surface area (Å²) in [5.41, 5.74) is 7.68. The fourth-order valence-corrected chi connectivity index (χ4v) is 4.09. The molecule has 0 atom stereocenters. The van der Waals surface area contributed by atoms with E-state index < -0.39 is 5.97 Å². The number of carbonyl (C=O) groups is 2. The van der Waals surface area contributed by atoms with Gasteiger partial charge in [-0.3, -0.25) is 10.2 Å². The van der Waals surface area contributed by atoms with Gasteiger partial charge in [-0.05, 0) is 67.1 Å². The van der Waals surface area contributed by atoms with E-state index in [2.05, 4.69) is 15.6 Å². The Kier molecular flexibility index (Phi) is 6.88. The normalized spacial score (nSPS) is 14.4. The second kappa shape index (κ2) is 10.0. The van der Waals surface area contributed by atoms with Gasteiger partial charge >= 0.3 is 11.9 Å². The van der Waals surface area contributed by atoms with E-state index in [4.69, 9.17) is 0 Å². The predicted molar refractivity (Wildman–Crippen MR) is 141 cm³/mol. The van der Waals surface area contributed by atoms with Crippen LogP contribution >= 0.6 is 11.8 Å². The topological polar surface area (TPSA) is 115 Å². The highest BCUT2D eigenvalue weighted by Gasteiger charge is 2.33. The molecule has 1 heterocycles. The number of nitrogens with zero attached hydrogens (tertiary/aromatic N) is 3. The standard InChI is InChI=1S/C26H24N4O4S/c1-15-10-11-19(12-16(15)2)30-25(32)23(22(29-30)14-35-3)28-27-21-9-5-8-20(24(21)31)17-6-4-7-18(13-17)26(33)34/h4-13,27,31H,14H2,1-3H3,(H,33,34)/b28-23-. The lowest BCUT2D eigenvalue weighted by Crippen LogP contribution is -2.29. The van der Waals surface area contributed by atoms with Gasteiger partial charge in [0.05, 0.1) is 16.9 Å². The number of para-hydroxylation sites is 1. The summed E-state index contributed by atoms with van der Waals surface area (Å²) >= 11 is 1.52. The first-order chi connectivity index (χ1) is 16.8. The van der Waals surface area contributed by atoms with Gasteiger partial charge in [0, 0.05) is 11.3 Å². The molecule has 0 aliphatic carbocycles. The second-order valence-electron chi connectivity index (χ2n) is 8.03. The number of hydrogen-bond donors (Lipinski definition) is 3. The molecule has 0 fully saturated rings. The number of thioether (sulfide) groups is 1. The van der Waals surface area contributed by atoms with E-state index in [1.807, 2.05) is 38.3 Å². The minimum atomic E-state index is -1.05. The molecule has 9 heteroatoms. The van der Waals surface area contributed by atoms with E-state index in [0.717, 1.165) is 11.1 Å². The molecule has 0 bridgehead atoms. The average molecular weight is 489 g/mol. The van der Waals surface area contributed by atoms with Crippen molar-refractivity contribution in [1.82, 2.24) is 0 Å². The van der Waals surface area contributed by atoms with Crippen molar-refractivity contribution in [3.8, 4) is 16.9 Å². The van der Waals surface area contributed by atoms with Crippen LogP contribution in [0.1, 0.15) is 21.5 Å². The molecular weight excluding hydrogens is 464 g/mol. The first-order valence-corrected chi connectivity index (χ1v) is 12.2. The monoisotopic (exact) mass is 488 g/mol. The van der Waals surface area contributed by atoms with Crippen LogP contribution in [0.5, 0.6) is 5.75 Å². The molecule has 1 aliphatic rings. The summed E-state index contributed by atoms with van der Waals surface area (Å²) in [5, 5.41) is 30.3. The molecule has 3 aromatic rings. The number of carbonyl (C=O) groups excluding carboxylic acids is 1. The van der Waals surface area contributed by atoms with Crippen LogP contribution in [0.4, 0.5) is 11.4 Å². The zero-order valence-corrected chi connectivity index (χ0v) is 20.3. The Balaban J connectivity index is 1.65. The van der Waals surface area contributed by atoms with E-state index in [1.165, 1.54) is 28.9 Å². The molecule has 1 aliphatic heterocycles. The van der Waals surface area contributed by atoms with Crippen LogP contribution in [0.25, 0.3) is 11.1 Å². The highest BCUT2D eigenvalue weighted by molar-refractivity contribution is 7.99. The summed E-state index contributed by atoms with van der Waals surface area (Å²) in [6, 6.07) is 17.0. The molecule has 0 aromatic heterocycles. The van der Waals surface area contributed by atoms with Crippen molar-refractivity contribution in [3.05, 3.63) is 77.4 Å². The van der Waals surface area contributed by atoms with Gasteiger partial charge < -0.3 is 10.2 Å². The van der Waals surface area contributed by atoms with E-state index in [9.17, 15) is 19.8 Å². The Hall–Kier alpha value is -4.11. The summed E-state index contributed by atoms with van der Waals surface area (Å²) in [6.45, 7) is 3.98. The van der Waals surface area contributed by atoms with Crippen molar-refractivity contribution in [3.63, 3.8) is 0 Å². The highest BCUT2D eigenvalue weighted by Crippen LogP contribution is 2.36. The summed E-state index contributed by atoms with van der Waals surface area (Å²) in [7, 11) is 0. The van der Waals surface area contributed by atoms with Crippen LogP contribution in [0.3, 0.4) is 0 Å². The van der Waals surface area contributed by atoms with Crippen LogP contribution in [0.15, 0.2) is 70.9 Å². The molecule has 0 spiro atoms. The largest absolute Gasteiger partial charge is 0.505 e. The molecule has 1 amide bonds. The van der Waals surface area contributed by atoms with Crippen LogP contribution in [0.2, 0.25) is 0 Å². The first-order valence-electron chi connectivity index (χ1n) is 10.8. The van der Waals surface area contributed by atoms with E-state index in [-0.39, 0.29) is 28.6 Å². The maximum absolute atomic E-state index is 13.2. The first kappa shape index (κ1) is 24.0. The van der Waals surface area contributed by atoms with Gasteiger partial charge in [-0.15, -0.1) is 0 Å². The molecule has 0 saturated carbocycles. The molecule has 3 N–H and O–H groups in total. The Morgan fingerprint density at radius 2 is 1.86 bits per heavy atom. The maximum atomic E-state index is 13.2. The fraction of sp³-hybridized carbons (Fsp3) is 0.154. The number of anilines is 2. The molecule has 0 saturated heterocycles. The number of carboxylic acids is 1. The quantitative estimate of drug-likeness (QED) is 0.322. The zero-order chi connectivity index (χ0) is 25.1. The van der Waals surface area contributed by atoms with Crippen LogP contribution in [0, 0.1) is 13.8 Å². The number of hydrazone groups is 2. The summed E-state index contributed by atoms with van der Waals surface area (Å²) in [5.74, 6) is -1.05. The third-order valence-corrected chi connectivity index (χ3v) is 6.21. The third-order valence-electron chi connectivity index (χ3n) is 5.65. The lowest BCUT2D eigenvalue weighted by Gasteiger charge is -2.13. The molecular formula is C26H24N4O4S.